The Bertz CT molecular complexity index is 1500. The van der Waals surface area contributed by atoms with Gasteiger partial charge in [-0.1, -0.05) is 36.4 Å². The Hall–Kier alpha value is -4.61. The van der Waals surface area contributed by atoms with Crippen molar-refractivity contribution in [2.75, 3.05) is 6.61 Å². The number of hydrogen-bond acceptors (Lipinski definition) is 7. The first-order valence-electron chi connectivity index (χ1n) is 15.4. The molecule has 2 unspecified atom stereocenters. The van der Waals surface area contributed by atoms with E-state index in [-0.39, 0.29) is 12.4 Å². The Kier molecular flexibility index (Phi) is 14.2. The van der Waals surface area contributed by atoms with Crippen LogP contribution in [0.5, 0.6) is 0 Å². The average molecular weight is 657 g/mol. The van der Waals surface area contributed by atoms with Crippen LogP contribution in [0.25, 0.3) is 0 Å². The maximum absolute atomic E-state index is 13.4. The molecule has 0 spiro atoms. The quantitative estimate of drug-likeness (QED) is 0.229. The van der Waals surface area contributed by atoms with Gasteiger partial charge < -0.3 is 24.7 Å². The van der Waals surface area contributed by atoms with Gasteiger partial charge in [-0.25, -0.2) is 23.4 Å². The number of carbonyl (C=O) groups excluding carboxylic acids is 4. The van der Waals surface area contributed by atoms with Crippen molar-refractivity contribution in [2.24, 2.45) is 0 Å². The van der Waals surface area contributed by atoms with Crippen LogP contribution < -0.4 is 10.6 Å². The van der Waals surface area contributed by atoms with E-state index in [9.17, 15) is 28.0 Å². The van der Waals surface area contributed by atoms with Crippen molar-refractivity contribution < 1.29 is 37.4 Å². The molecule has 3 aromatic rings. The van der Waals surface area contributed by atoms with Crippen LogP contribution in [0.15, 0.2) is 61.1 Å². The largest absolute Gasteiger partial charge is 0.464 e. The summed E-state index contributed by atoms with van der Waals surface area (Å²) in [6.45, 7) is 13.5. The number of esters is 1. The van der Waals surface area contributed by atoms with Gasteiger partial charge in [0.25, 0.3) is 0 Å². The summed E-state index contributed by atoms with van der Waals surface area (Å²) in [5.41, 5.74) is 0.352. The van der Waals surface area contributed by atoms with Crippen molar-refractivity contribution >= 4 is 23.8 Å². The van der Waals surface area contributed by atoms with E-state index < -0.39 is 52.8 Å². The van der Waals surface area contributed by atoms with E-state index in [1.165, 1.54) is 29.4 Å². The molecule has 10 nitrogen and oxygen atoms in total. The smallest absolute Gasteiger partial charge is 0.408 e. The van der Waals surface area contributed by atoms with Crippen LogP contribution in [0, 0.1) is 18.6 Å². The highest BCUT2D eigenvalue weighted by atomic mass is 19.2. The van der Waals surface area contributed by atoms with Crippen molar-refractivity contribution in [2.45, 2.75) is 97.9 Å². The molecule has 0 saturated carbocycles. The summed E-state index contributed by atoms with van der Waals surface area (Å²) in [5, 5.41) is 5.31. The lowest BCUT2D eigenvalue weighted by Crippen LogP contribution is -2.58. The summed E-state index contributed by atoms with van der Waals surface area (Å²) in [5.74, 6) is -3.04. The molecule has 47 heavy (non-hydrogen) atoms. The van der Waals surface area contributed by atoms with Crippen LogP contribution in [0.4, 0.5) is 13.6 Å². The SMILES string of the molecule is CC(=O)C(CCCc1ccccc1)NC(=O)C(C)(C)NC(=O)OC(C)(C)C.CCOC(=O)C(c1ccc(F)c(F)c1)n1cnc(C)c1. The number of nitrogens with zero attached hydrogens (tertiary/aromatic N) is 2. The van der Waals surface area contributed by atoms with Gasteiger partial charge in [0.15, 0.2) is 23.5 Å². The van der Waals surface area contributed by atoms with Gasteiger partial charge in [0.05, 0.1) is 24.7 Å². The number of benzene rings is 2. The number of hydrogen-bond donors (Lipinski definition) is 2. The number of carbonyl (C=O) groups is 4. The summed E-state index contributed by atoms with van der Waals surface area (Å²) in [4.78, 5) is 52.6. The number of aryl methyl sites for hydroxylation is 2. The maximum Gasteiger partial charge on any atom is 0.408 e. The number of amides is 2. The highest BCUT2D eigenvalue weighted by Gasteiger charge is 2.33. The fourth-order valence-corrected chi connectivity index (χ4v) is 4.40. The van der Waals surface area contributed by atoms with E-state index in [1.54, 1.807) is 54.7 Å². The third kappa shape index (κ3) is 13.0. The number of ketones is 1. The van der Waals surface area contributed by atoms with E-state index in [2.05, 4.69) is 15.6 Å². The molecule has 0 aliphatic heterocycles. The lowest BCUT2D eigenvalue weighted by molar-refractivity contribution is -0.145. The number of rotatable bonds is 12. The zero-order chi connectivity index (χ0) is 35.4. The van der Waals surface area contributed by atoms with Crippen LogP contribution >= 0.6 is 0 Å². The predicted octanol–water partition coefficient (Wildman–Crippen LogP) is 6.01. The highest BCUT2D eigenvalue weighted by Crippen LogP contribution is 2.22. The first-order valence-corrected chi connectivity index (χ1v) is 15.4. The van der Waals surface area contributed by atoms with Gasteiger partial charge in [0, 0.05) is 6.20 Å². The lowest BCUT2D eigenvalue weighted by Gasteiger charge is -2.29. The monoisotopic (exact) mass is 656 g/mol. The Labute approximate surface area is 275 Å². The second-order valence-corrected chi connectivity index (χ2v) is 12.6. The van der Waals surface area contributed by atoms with Crippen LogP contribution in [0.1, 0.15) is 84.2 Å². The zero-order valence-corrected chi connectivity index (χ0v) is 28.4. The van der Waals surface area contributed by atoms with Crippen LogP contribution in [0.2, 0.25) is 0 Å². The maximum atomic E-state index is 13.4. The van der Waals surface area contributed by atoms with Gasteiger partial charge in [0.1, 0.15) is 11.1 Å². The summed E-state index contributed by atoms with van der Waals surface area (Å²) in [6, 6.07) is 11.9. The molecular weight excluding hydrogens is 610 g/mol. The number of imidazole rings is 1. The van der Waals surface area contributed by atoms with Gasteiger partial charge in [-0.3, -0.25) is 9.59 Å². The number of Topliss-reactive ketones (excluding diaryl/α,β-unsaturated/α-hetero) is 1. The van der Waals surface area contributed by atoms with E-state index in [4.69, 9.17) is 9.47 Å². The predicted molar refractivity (Wildman–Crippen MR) is 174 cm³/mol. The number of alkyl carbamates (subject to hydrolysis) is 1. The highest BCUT2D eigenvalue weighted by molar-refractivity contribution is 5.93. The Morgan fingerprint density at radius 1 is 0.979 bits per heavy atom. The summed E-state index contributed by atoms with van der Waals surface area (Å²) in [7, 11) is 0. The summed E-state index contributed by atoms with van der Waals surface area (Å²) in [6.07, 6.45) is 4.57. The van der Waals surface area contributed by atoms with Crippen molar-refractivity contribution in [3.05, 3.63) is 89.5 Å². The molecule has 0 radical (unpaired) electrons. The minimum atomic E-state index is -1.20. The Balaban J connectivity index is 0.000000340. The fourth-order valence-electron chi connectivity index (χ4n) is 4.40. The third-order valence-corrected chi connectivity index (χ3v) is 6.78. The molecule has 2 N–H and O–H groups in total. The second-order valence-electron chi connectivity index (χ2n) is 12.6. The van der Waals surface area contributed by atoms with Crippen molar-refractivity contribution in [1.82, 2.24) is 20.2 Å². The second kappa shape index (κ2) is 17.3. The van der Waals surface area contributed by atoms with Crippen molar-refractivity contribution in [3.63, 3.8) is 0 Å². The molecule has 1 heterocycles. The van der Waals surface area contributed by atoms with Crippen LogP contribution in [0.3, 0.4) is 0 Å². The molecule has 0 bridgehead atoms. The molecule has 2 aromatic carbocycles. The summed E-state index contributed by atoms with van der Waals surface area (Å²) < 4.78 is 38.1. The normalized spacial score (nSPS) is 12.6. The molecule has 0 saturated heterocycles. The van der Waals surface area contributed by atoms with Gasteiger partial charge in [-0.05, 0) is 97.9 Å². The van der Waals surface area contributed by atoms with E-state index >= 15 is 0 Å². The zero-order valence-electron chi connectivity index (χ0n) is 28.4. The van der Waals surface area contributed by atoms with E-state index in [0.29, 0.717) is 17.7 Å². The van der Waals surface area contributed by atoms with Crippen molar-refractivity contribution in [3.8, 4) is 0 Å². The third-order valence-electron chi connectivity index (χ3n) is 6.78. The van der Waals surface area contributed by atoms with Gasteiger partial charge in [-0.2, -0.15) is 0 Å². The summed E-state index contributed by atoms with van der Waals surface area (Å²) >= 11 is 0. The minimum Gasteiger partial charge on any atom is -0.464 e. The van der Waals surface area contributed by atoms with Crippen LogP contribution in [-0.4, -0.2) is 57.1 Å². The standard InChI is InChI=1S/C21H32N2O4.C14H14F2N2O2/c1-15(24)17(14-10-13-16-11-8-7-9-12-16)22-18(25)21(5,6)23-19(26)27-20(2,3)4;1-3-20-14(19)13(18-7-9(2)17-8-18)10-4-5-11(15)12(16)6-10/h7-9,11-12,17H,10,13-14H2,1-6H3,(H,22,25)(H,23,26);4-8,13H,3H2,1-2H3. The molecule has 0 aliphatic rings. The number of ether oxygens (including phenoxy) is 2. The molecule has 2 atom stereocenters. The lowest BCUT2D eigenvalue weighted by atomic mass is 10.00. The number of aromatic nitrogens is 2. The number of nitrogens with one attached hydrogen (secondary N) is 2. The molecule has 0 fully saturated rings. The molecule has 12 heteroatoms. The fraction of sp³-hybridized carbons (Fsp3) is 0.457. The van der Waals surface area contributed by atoms with E-state index in [0.717, 1.165) is 25.0 Å². The first kappa shape index (κ1) is 38.6. The number of halogens is 2. The molecule has 1 aromatic heterocycles. The molecule has 3 rings (SSSR count). The van der Waals surface area contributed by atoms with E-state index in [1.807, 2.05) is 30.3 Å². The topological polar surface area (TPSA) is 129 Å². The minimum absolute atomic E-state index is 0.107. The Morgan fingerprint density at radius 2 is 1.64 bits per heavy atom. The molecule has 0 aliphatic carbocycles. The molecular formula is C35H46F2N4O6. The average Bonchev–Trinajstić information content (AvgIpc) is 3.39. The molecule has 2 amide bonds. The Morgan fingerprint density at radius 3 is 2.17 bits per heavy atom. The van der Waals surface area contributed by atoms with Gasteiger partial charge in [-0.15, -0.1) is 0 Å². The van der Waals surface area contributed by atoms with Crippen LogP contribution in [-0.2, 0) is 30.3 Å². The first-order chi connectivity index (χ1) is 21.9. The van der Waals surface area contributed by atoms with Crippen molar-refractivity contribution in [1.29, 1.82) is 0 Å². The molecule has 256 valence electrons. The van der Waals surface area contributed by atoms with Gasteiger partial charge >= 0.3 is 12.1 Å². The van der Waals surface area contributed by atoms with Gasteiger partial charge in [0.2, 0.25) is 5.91 Å².